The number of hydrogen-bond acceptors (Lipinski definition) is 4. The van der Waals surface area contributed by atoms with Gasteiger partial charge in [0, 0.05) is 12.0 Å². The first-order chi connectivity index (χ1) is 12.7. The molecule has 0 saturated carbocycles. The lowest BCUT2D eigenvalue weighted by molar-refractivity contribution is -0.122. The summed E-state index contributed by atoms with van der Waals surface area (Å²) in [6.45, 7) is 4.08. The fourth-order valence-electron chi connectivity index (χ4n) is 2.82. The van der Waals surface area contributed by atoms with Gasteiger partial charge >= 0.3 is 0 Å². The zero-order valence-corrected chi connectivity index (χ0v) is 15.6. The van der Waals surface area contributed by atoms with Crippen LogP contribution in [-0.2, 0) is 4.79 Å². The number of nitrogens with zero attached hydrogens (tertiary/aromatic N) is 2. The normalized spacial score (nSPS) is 11.9. The largest absolute Gasteiger partial charge is 0.347 e. The molecular formula is C20H28N4O2. The smallest absolute Gasteiger partial charge is 0.275 e. The Kier molecular flexibility index (Phi) is 7.99. The lowest BCUT2D eigenvalue weighted by Crippen LogP contribution is -2.33. The van der Waals surface area contributed by atoms with Crippen LogP contribution in [0.3, 0.4) is 0 Å². The van der Waals surface area contributed by atoms with E-state index in [0.717, 1.165) is 24.8 Å². The highest BCUT2D eigenvalue weighted by atomic mass is 16.2. The zero-order valence-electron chi connectivity index (χ0n) is 15.6. The standard InChI is InChI=1S/C20H28N4O2/c1-3-5-6-7-11-14-17(25)21-16(4-2)18-20(26)22-19(24-23-18)15-12-9-8-10-13-15/h8-10,12-13,16H,3-7,11,14H2,1-2H3,(H,21,25)(H,22,24,26). The third kappa shape index (κ3) is 5.79. The lowest BCUT2D eigenvalue weighted by Gasteiger charge is -2.15. The lowest BCUT2D eigenvalue weighted by atomic mass is 10.1. The Bertz CT molecular complexity index is 743. The molecule has 0 bridgehead atoms. The number of rotatable bonds is 10. The van der Waals surface area contributed by atoms with Crippen molar-refractivity contribution in [3.63, 3.8) is 0 Å². The number of unbranched alkanes of at least 4 members (excludes halogenated alkanes) is 4. The van der Waals surface area contributed by atoms with E-state index in [1.807, 2.05) is 37.3 Å². The molecule has 0 aliphatic rings. The van der Waals surface area contributed by atoms with E-state index in [4.69, 9.17) is 0 Å². The maximum atomic E-state index is 12.4. The molecule has 6 heteroatoms. The Hall–Kier alpha value is -2.50. The van der Waals surface area contributed by atoms with Gasteiger partial charge in [0.1, 0.15) is 0 Å². The summed E-state index contributed by atoms with van der Waals surface area (Å²) in [7, 11) is 0. The molecule has 1 atom stereocenters. The third-order valence-electron chi connectivity index (χ3n) is 4.35. The minimum Gasteiger partial charge on any atom is -0.347 e. The maximum Gasteiger partial charge on any atom is 0.275 e. The fourth-order valence-corrected chi connectivity index (χ4v) is 2.82. The molecule has 26 heavy (non-hydrogen) atoms. The first-order valence-corrected chi connectivity index (χ1v) is 9.47. The molecule has 1 amide bonds. The van der Waals surface area contributed by atoms with Crippen LogP contribution in [0.2, 0.25) is 0 Å². The van der Waals surface area contributed by atoms with Gasteiger partial charge in [0.25, 0.3) is 5.56 Å². The average molecular weight is 356 g/mol. The highest BCUT2D eigenvalue weighted by Crippen LogP contribution is 2.14. The molecule has 0 fully saturated rings. The number of aromatic amines is 1. The Morgan fingerprint density at radius 3 is 2.46 bits per heavy atom. The Balaban J connectivity index is 1.99. The van der Waals surface area contributed by atoms with E-state index in [1.165, 1.54) is 12.8 Å². The van der Waals surface area contributed by atoms with Crippen molar-refractivity contribution < 1.29 is 4.79 Å². The summed E-state index contributed by atoms with van der Waals surface area (Å²) in [5.41, 5.74) is 0.744. The minimum atomic E-state index is -0.417. The quantitative estimate of drug-likeness (QED) is 0.635. The first-order valence-electron chi connectivity index (χ1n) is 9.47. The summed E-state index contributed by atoms with van der Waals surface area (Å²) < 4.78 is 0. The molecule has 2 rings (SSSR count). The maximum absolute atomic E-state index is 12.4. The molecule has 0 radical (unpaired) electrons. The van der Waals surface area contributed by atoms with Gasteiger partial charge in [0.2, 0.25) is 5.91 Å². The van der Waals surface area contributed by atoms with E-state index in [2.05, 4.69) is 27.4 Å². The average Bonchev–Trinajstić information content (AvgIpc) is 2.67. The Morgan fingerprint density at radius 1 is 1.08 bits per heavy atom. The summed E-state index contributed by atoms with van der Waals surface area (Å²) in [6.07, 6.45) is 6.55. The summed E-state index contributed by atoms with van der Waals surface area (Å²) in [5, 5.41) is 11.1. The predicted molar refractivity (Wildman–Crippen MR) is 103 cm³/mol. The van der Waals surface area contributed by atoms with E-state index in [9.17, 15) is 9.59 Å². The van der Waals surface area contributed by atoms with Crippen LogP contribution in [0, 0.1) is 0 Å². The molecule has 2 aromatic rings. The molecular weight excluding hydrogens is 328 g/mol. The van der Waals surface area contributed by atoms with E-state index in [0.29, 0.717) is 18.7 Å². The SMILES string of the molecule is CCCCCCCC(=O)NC(CC)c1nnc(-c2ccccc2)[nH]c1=O. The number of carbonyl (C=O) groups excluding carboxylic acids is 1. The Labute approximate surface area is 154 Å². The zero-order chi connectivity index (χ0) is 18.8. The van der Waals surface area contributed by atoms with Crippen molar-refractivity contribution in [1.82, 2.24) is 20.5 Å². The van der Waals surface area contributed by atoms with Crippen molar-refractivity contribution in [2.24, 2.45) is 0 Å². The van der Waals surface area contributed by atoms with Gasteiger partial charge in [-0.25, -0.2) is 0 Å². The summed E-state index contributed by atoms with van der Waals surface area (Å²) >= 11 is 0. The second-order valence-electron chi connectivity index (χ2n) is 6.45. The number of aromatic nitrogens is 3. The van der Waals surface area contributed by atoms with Crippen molar-refractivity contribution in [3.8, 4) is 11.4 Å². The van der Waals surface area contributed by atoms with Gasteiger partial charge in [-0.2, -0.15) is 0 Å². The van der Waals surface area contributed by atoms with E-state index < -0.39 is 6.04 Å². The number of benzene rings is 1. The van der Waals surface area contributed by atoms with Crippen LogP contribution in [0.15, 0.2) is 35.1 Å². The van der Waals surface area contributed by atoms with E-state index in [-0.39, 0.29) is 17.2 Å². The minimum absolute atomic E-state index is 0.0401. The van der Waals surface area contributed by atoms with E-state index >= 15 is 0 Å². The molecule has 2 N–H and O–H groups in total. The molecule has 0 saturated heterocycles. The van der Waals surface area contributed by atoms with Crippen LogP contribution in [0.1, 0.15) is 70.5 Å². The first kappa shape index (κ1) is 19.8. The van der Waals surface area contributed by atoms with Gasteiger partial charge in [-0.05, 0) is 12.8 Å². The molecule has 1 unspecified atom stereocenters. The van der Waals surface area contributed by atoms with Crippen LogP contribution in [0.5, 0.6) is 0 Å². The topological polar surface area (TPSA) is 87.7 Å². The van der Waals surface area contributed by atoms with Gasteiger partial charge in [-0.3, -0.25) is 9.59 Å². The second-order valence-corrected chi connectivity index (χ2v) is 6.45. The highest BCUT2D eigenvalue weighted by Gasteiger charge is 2.18. The van der Waals surface area contributed by atoms with Crippen LogP contribution in [-0.4, -0.2) is 21.1 Å². The van der Waals surface area contributed by atoms with Crippen molar-refractivity contribution in [2.75, 3.05) is 0 Å². The van der Waals surface area contributed by atoms with Crippen molar-refractivity contribution in [1.29, 1.82) is 0 Å². The Morgan fingerprint density at radius 2 is 1.81 bits per heavy atom. The second kappa shape index (κ2) is 10.5. The molecule has 6 nitrogen and oxygen atoms in total. The summed E-state index contributed by atoms with van der Waals surface area (Å²) in [4.78, 5) is 27.3. The van der Waals surface area contributed by atoms with Gasteiger partial charge in [0.05, 0.1) is 6.04 Å². The number of H-pyrrole nitrogens is 1. The number of amides is 1. The molecule has 0 spiro atoms. The number of nitrogens with one attached hydrogen (secondary N) is 2. The summed E-state index contributed by atoms with van der Waals surface area (Å²) in [6, 6.07) is 8.94. The van der Waals surface area contributed by atoms with Gasteiger partial charge < -0.3 is 10.3 Å². The number of hydrogen-bond donors (Lipinski definition) is 2. The van der Waals surface area contributed by atoms with Crippen LogP contribution in [0.4, 0.5) is 0 Å². The van der Waals surface area contributed by atoms with Crippen molar-refractivity contribution >= 4 is 5.91 Å². The molecule has 0 aliphatic carbocycles. The molecule has 1 aromatic carbocycles. The number of carbonyl (C=O) groups is 1. The highest BCUT2D eigenvalue weighted by molar-refractivity contribution is 5.76. The molecule has 0 aliphatic heterocycles. The monoisotopic (exact) mass is 356 g/mol. The predicted octanol–water partition coefficient (Wildman–Crippen LogP) is 3.76. The third-order valence-corrected chi connectivity index (χ3v) is 4.35. The van der Waals surface area contributed by atoms with Crippen LogP contribution < -0.4 is 10.9 Å². The van der Waals surface area contributed by atoms with Crippen LogP contribution >= 0.6 is 0 Å². The van der Waals surface area contributed by atoms with Crippen LogP contribution in [0.25, 0.3) is 11.4 Å². The fraction of sp³-hybridized carbons (Fsp3) is 0.500. The van der Waals surface area contributed by atoms with Gasteiger partial charge in [0.15, 0.2) is 11.5 Å². The van der Waals surface area contributed by atoms with E-state index in [1.54, 1.807) is 0 Å². The summed E-state index contributed by atoms with van der Waals surface area (Å²) in [5.74, 6) is 0.387. The molecule has 140 valence electrons. The van der Waals surface area contributed by atoms with Crippen molar-refractivity contribution in [2.45, 2.75) is 64.8 Å². The molecule has 1 heterocycles. The van der Waals surface area contributed by atoms with Crippen molar-refractivity contribution in [3.05, 3.63) is 46.4 Å². The van der Waals surface area contributed by atoms with Gasteiger partial charge in [-0.15, -0.1) is 10.2 Å². The van der Waals surface area contributed by atoms with Gasteiger partial charge in [-0.1, -0.05) is 69.9 Å². The molecule has 1 aromatic heterocycles.